The number of carbonyl (C=O) groups is 1. The van der Waals surface area contributed by atoms with E-state index >= 15 is 0 Å². The molecule has 4 aromatic rings. The monoisotopic (exact) mass is 495 g/mol. The molecule has 0 N–H and O–H groups in total. The van der Waals surface area contributed by atoms with Crippen LogP contribution in [0.4, 0.5) is 0 Å². The largest absolute Gasteiger partial charge is 0.324 e. The highest BCUT2D eigenvalue weighted by Crippen LogP contribution is 2.23. The molecule has 6 nitrogen and oxygen atoms in total. The van der Waals surface area contributed by atoms with E-state index in [0.717, 1.165) is 11.4 Å². The fraction of sp³-hybridized carbons (Fsp3) is 0.231. The Morgan fingerprint density at radius 1 is 1.00 bits per heavy atom. The van der Waals surface area contributed by atoms with E-state index in [2.05, 4.69) is 60.4 Å². The van der Waals surface area contributed by atoms with Crippen LogP contribution in [0.15, 0.2) is 77.2 Å². The van der Waals surface area contributed by atoms with E-state index in [9.17, 15) is 13.2 Å². The molecule has 0 saturated carbocycles. The van der Waals surface area contributed by atoms with Crippen molar-refractivity contribution in [1.29, 1.82) is 0 Å². The zero-order valence-electron chi connectivity index (χ0n) is 19.5. The average molecular weight is 496 g/mol. The lowest BCUT2D eigenvalue weighted by Gasteiger charge is -2.18. The number of aryl methyl sites for hydroxylation is 1. The first-order valence-electron chi connectivity index (χ1n) is 10.7. The minimum Gasteiger partial charge on any atom is -0.324 e. The number of imidazole rings is 1. The highest BCUT2D eigenvalue weighted by Gasteiger charge is 2.13. The van der Waals surface area contributed by atoms with Gasteiger partial charge in [-0.3, -0.25) is 4.79 Å². The Labute approximate surface area is 205 Å². The van der Waals surface area contributed by atoms with E-state index in [1.807, 2.05) is 35.8 Å². The van der Waals surface area contributed by atoms with Gasteiger partial charge in [0.05, 0.1) is 17.6 Å². The Hall–Kier alpha value is -3.29. The molecule has 1 aromatic heterocycles. The van der Waals surface area contributed by atoms with E-state index in [1.54, 1.807) is 12.1 Å². The number of halogens is 1. The first-order chi connectivity index (χ1) is 16.1. The van der Waals surface area contributed by atoms with E-state index in [0.29, 0.717) is 28.0 Å². The number of nitrogens with zero attached hydrogens (tertiary/aromatic N) is 3. The van der Waals surface area contributed by atoms with Crippen molar-refractivity contribution in [3.63, 3.8) is 0 Å². The SMILES string of the molecule is CC(C)(C)c1ccccc1.Cc1nc2ccc(C(=O)N=S(=O)=O)cc2n1Cc1ccccc1Cl. The zero-order valence-corrected chi connectivity index (χ0v) is 21.1. The predicted molar refractivity (Wildman–Crippen MR) is 136 cm³/mol. The summed E-state index contributed by atoms with van der Waals surface area (Å²) in [7, 11) is -2.78. The summed E-state index contributed by atoms with van der Waals surface area (Å²) in [5.74, 6) is -0.0489. The number of benzene rings is 3. The van der Waals surface area contributed by atoms with Gasteiger partial charge in [-0.1, -0.05) is 85.3 Å². The molecule has 0 aliphatic carbocycles. The topological polar surface area (TPSA) is 81.4 Å². The number of hydrogen-bond donors (Lipinski definition) is 0. The number of amides is 1. The van der Waals surface area contributed by atoms with Gasteiger partial charge in [-0.25, -0.2) is 4.98 Å². The second-order valence-corrected chi connectivity index (χ2v) is 9.79. The molecule has 0 aliphatic heterocycles. The van der Waals surface area contributed by atoms with Crippen LogP contribution in [-0.2, 0) is 22.5 Å². The molecule has 1 heterocycles. The lowest BCUT2D eigenvalue weighted by molar-refractivity contribution is 0.100. The average Bonchev–Trinajstić information content (AvgIpc) is 3.09. The Morgan fingerprint density at radius 2 is 1.65 bits per heavy atom. The number of fused-ring (bicyclic) bond motifs is 1. The van der Waals surface area contributed by atoms with Gasteiger partial charge in [0.25, 0.3) is 5.91 Å². The first kappa shape index (κ1) is 25.3. The summed E-state index contributed by atoms with van der Waals surface area (Å²) in [6, 6.07) is 22.8. The molecule has 0 atom stereocenters. The number of hydrogen-bond acceptors (Lipinski definition) is 4. The number of carbonyl (C=O) groups excluding carboxylic acids is 1. The molecule has 0 radical (unpaired) electrons. The van der Waals surface area contributed by atoms with Crippen molar-refractivity contribution in [2.45, 2.75) is 39.7 Å². The zero-order chi connectivity index (χ0) is 24.9. The molecule has 1 amide bonds. The molecule has 34 heavy (non-hydrogen) atoms. The number of rotatable bonds is 3. The molecule has 0 spiro atoms. The van der Waals surface area contributed by atoms with Crippen LogP contribution in [0.25, 0.3) is 11.0 Å². The van der Waals surface area contributed by atoms with Gasteiger partial charge in [0.2, 0.25) is 0 Å². The highest BCUT2D eigenvalue weighted by molar-refractivity contribution is 7.62. The summed E-state index contributed by atoms with van der Waals surface area (Å²) < 4.78 is 26.1. The maximum absolute atomic E-state index is 11.8. The molecule has 0 bridgehead atoms. The second kappa shape index (κ2) is 10.8. The molecule has 0 fully saturated rings. The van der Waals surface area contributed by atoms with Crippen LogP contribution in [0.3, 0.4) is 0 Å². The number of aromatic nitrogens is 2. The molecular formula is C26H26ClN3O3S. The smallest absolute Gasteiger partial charge is 0.319 e. The predicted octanol–water partition coefficient (Wildman–Crippen LogP) is 6.23. The Kier molecular flexibility index (Phi) is 8.02. The third-order valence-corrected chi connectivity index (χ3v) is 5.95. The van der Waals surface area contributed by atoms with Crippen LogP contribution < -0.4 is 0 Å². The van der Waals surface area contributed by atoms with Crippen molar-refractivity contribution in [2.75, 3.05) is 0 Å². The maximum atomic E-state index is 11.8. The first-order valence-corrected chi connectivity index (χ1v) is 12.1. The molecule has 176 valence electrons. The van der Waals surface area contributed by atoms with Crippen LogP contribution in [0, 0.1) is 6.92 Å². The van der Waals surface area contributed by atoms with E-state index in [1.165, 1.54) is 11.6 Å². The molecule has 4 rings (SSSR count). The molecular weight excluding hydrogens is 470 g/mol. The molecule has 0 unspecified atom stereocenters. The van der Waals surface area contributed by atoms with Crippen molar-refractivity contribution >= 4 is 39.0 Å². The Morgan fingerprint density at radius 3 is 2.24 bits per heavy atom. The molecule has 3 aromatic carbocycles. The summed E-state index contributed by atoms with van der Waals surface area (Å²) in [5, 5.41) is 0.641. The van der Waals surface area contributed by atoms with Crippen molar-refractivity contribution in [3.8, 4) is 0 Å². The van der Waals surface area contributed by atoms with Gasteiger partial charge < -0.3 is 4.57 Å². The molecule has 0 aliphatic rings. The van der Waals surface area contributed by atoms with E-state index in [4.69, 9.17) is 11.6 Å². The lowest BCUT2D eigenvalue weighted by Crippen LogP contribution is -2.10. The van der Waals surface area contributed by atoms with Crippen molar-refractivity contribution in [2.24, 2.45) is 4.36 Å². The van der Waals surface area contributed by atoms with Crippen molar-refractivity contribution < 1.29 is 13.2 Å². The molecule has 0 saturated heterocycles. The minimum atomic E-state index is -2.78. The van der Waals surface area contributed by atoms with Gasteiger partial charge in [0, 0.05) is 10.6 Å². The highest BCUT2D eigenvalue weighted by atomic mass is 35.5. The molecule has 8 heteroatoms. The summed E-state index contributed by atoms with van der Waals surface area (Å²) in [6.45, 7) is 9.02. The fourth-order valence-electron chi connectivity index (χ4n) is 3.43. The van der Waals surface area contributed by atoms with Crippen molar-refractivity contribution in [1.82, 2.24) is 9.55 Å². The summed E-state index contributed by atoms with van der Waals surface area (Å²) in [6.07, 6.45) is 0. The third-order valence-electron chi connectivity index (χ3n) is 5.27. The van der Waals surface area contributed by atoms with Gasteiger partial charge in [0.15, 0.2) is 0 Å². The quantitative estimate of drug-likeness (QED) is 0.337. The Balaban J connectivity index is 0.000000271. The summed E-state index contributed by atoms with van der Waals surface area (Å²) in [4.78, 5) is 16.3. The van der Waals surface area contributed by atoms with Gasteiger partial charge in [0.1, 0.15) is 5.82 Å². The minimum absolute atomic E-state index is 0.187. The van der Waals surface area contributed by atoms with Crippen LogP contribution in [0.5, 0.6) is 0 Å². The fourth-order valence-corrected chi connectivity index (χ4v) is 3.87. The van der Waals surface area contributed by atoms with E-state index < -0.39 is 16.4 Å². The lowest BCUT2D eigenvalue weighted by atomic mass is 9.87. The van der Waals surface area contributed by atoms with E-state index in [-0.39, 0.29) is 5.56 Å². The normalized spacial score (nSPS) is 11.0. The van der Waals surface area contributed by atoms with Gasteiger partial charge in [-0.2, -0.15) is 8.42 Å². The van der Waals surface area contributed by atoms with Crippen LogP contribution in [0.2, 0.25) is 5.02 Å². The van der Waals surface area contributed by atoms with Crippen LogP contribution >= 0.6 is 11.6 Å². The Bertz CT molecular complexity index is 1450. The summed E-state index contributed by atoms with van der Waals surface area (Å²) >= 11 is 6.21. The van der Waals surface area contributed by atoms with Crippen LogP contribution in [-0.4, -0.2) is 23.9 Å². The standard InChI is InChI=1S/C16H12ClN3O3S.C10H14/c1-10-18-14-7-6-11(16(21)19-24(22)23)8-15(14)20(10)9-12-4-2-3-5-13(12)17;1-10(2,3)9-7-5-4-6-8-9/h2-8H,9H2,1H3;4-8H,1-3H3. The van der Waals surface area contributed by atoms with Gasteiger partial charge in [-0.05, 0) is 47.7 Å². The van der Waals surface area contributed by atoms with Crippen LogP contribution in [0.1, 0.15) is 48.1 Å². The second-order valence-electron chi connectivity index (χ2n) is 8.77. The van der Waals surface area contributed by atoms with Gasteiger partial charge >= 0.3 is 10.5 Å². The van der Waals surface area contributed by atoms with Gasteiger partial charge in [-0.15, -0.1) is 0 Å². The third kappa shape index (κ3) is 6.40. The van der Waals surface area contributed by atoms with Crippen molar-refractivity contribution in [3.05, 3.63) is 100 Å². The summed E-state index contributed by atoms with van der Waals surface area (Å²) in [5.41, 5.74) is 4.22. The maximum Gasteiger partial charge on any atom is 0.319 e.